The predicted octanol–water partition coefficient (Wildman–Crippen LogP) is 2.99. The number of hydrogen-bond acceptors (Lipinski definition) is 4. The van der Waals surface area contributed by atoms with Gasteiger partial charge in [0, 0.05) is 18.3 Å². The van der Waals surface area contributed by atoms with E-state index in [0.717, 1.165) is 23.6 Å². The van der Waals surface area contributed by atoms with Crippen molar-refractivity contribution in [1.29, 1.82) is 0 Å². The fraction of sp³-hybridized carbons (Fsp3) is 0.267. The SMILES string of the molecule is CCOc1ccccc1Oc1cnccc1CNC. The summed E-state index contributed by atoms with van der Waals surface area (Å²) >= 11 is 0. The van der Waals surface area contributed by atoms with Crippen LogP contribution in [0.15, 0.2) is 42.7 Å². The van der Waals surface area contributed by atoms with E-state index in [-0.39, 0.29) is 0 Å². The fourth-order valence-electron chi connectivity index (χ4n) is 1.76. The first-order valence-corrected chi connectivity index (χ1v) is 6.32. The molecule has 2 aromatic rings. The highest BCUT2D eigenvalue weighted by Crippen LogP contribution is 2.32. The first-order chi connectivity index (χ1) is 9.35. The van der Waals surface area contributed by atoms with Gasteiger partial charge in [-0.2, -0.15) is 0 Å². The summed E-state index contributed by atoms with van der Waals surface area (Å²) in [5.74, 6) is 2.18. The minimum atomic E-state index is 0.608. The molecule has 0 spiro atoms. The van der Waals surface area contributed by atoms with Crippen LogP contribution in [0.1, 0.15) is 12.5 Å². The Hall–Kier alpha value is -2.07. The normalized spacial score (nSPS) is 10.2. The second kappa shape index (κ2) is 6.75. The fourth-order valence-corrected chi connectivity index (χ4v) is 1.76. The molecule has 0 amide bonds. The summed E-state index contributed by atoms with van der Waals surface area (Å²) in [4.78, 5) is 4.11. The molecule has 1 aromatic heterocycles. The van der Waals surface area contributed by atoms with E-state index in [1.165, 1.54) is 0 Å². The molecule has 0 aliphatic heterocycles. The summed E-state index contributed by atoms with van der Waals surface area (Å²) in [5.41, 5.74) is 1.06. The molecule has 0 unspecified atom stereocenters. The van der Waals surface area contributed by atoms with Gasteiger partial charge in [-0.3, -0.25) is 4.98 Å². The maximum absolute atomic E-state index is 5.92. The van der Waals surface area contributed by atoms with Gasteiger partial charge in [-0.25, -0.2) is 0 Å². The Morgan fingerprint density at radius 1 is 1.11 bits per heavy atom. The van der Waals surface area contributed by atoms with Gasteiger partial charge in [0.25, 0.3) is 0 Å². The van der Waals surface area contributed by atoms with Crippen LogP contribution in [0.25, 0.3) is 0 Å². The van der Waals surface area contributed by atoms with Crippen molar-refractivity contribution in [1.82, 2.24) is 10.3 Å². The van der Waals surface area contributed by atoms with Gasteiger partial charge in [0.2, 0.25) is 0 Å². The van der Waals surface area contributed by atoms with Crippen molar-refractivity contribution in [3.8, 4) is 17.2 Å². The Morgan fingerprint density at radius 3 is 2.63 bits per heavy atom. The highest BCUT2D eigenvalue weighted by atomic mass is 16.5. The van der Waals surface area contributed by atoms with E-state index in [0.29, 0.717) is 12.4 Å². The summed E-state index contributed by atoms with van der Waals surface area (Å²) in [6.45, 7) is 3.29. The monoisotopic (exact) mass is 258 g/mol. The number of hydrogen-bond donors (Lipinski definition) is 1. The highest BCUT2D eigenvalue weighted by Gasteiger charge is 2.08. The molecule has 0 aliphatic rings. The van der Waals surface area contributed by atoms with Gasteiger partial charge >= 0.3 is 0 Å². The van der Waals surface area contributed by atoms with Crippen LogP contribution in [0.3, 0.4) is 0 Å². The van der Waals surface area contributed by atoms with Gasteiger partial charge in [-0.15, -0.1) is 0 Å². The summed E-state index contributed by atoms with van der Waals surface area (Å²) in [6.07, 6.45) is 3.48. The minimum Gasteiger partial charge on any atom is -0.490 e. The quantitative estimate of drug-likeness (QED) is 0.865. The smallest absolute Gasteiger partial charge is 0.169 e. The van der Waals surface area contributed by atoms with E-state index >= 15 is 0 Å². The van der Waals surface area contributed by atoms with Gasteiger partial charge in [-0.1, -0.05) is 12.1 Å². The van der Waals surface area contributed by atoms with Crippen molar-refractivity contribution in [2.45, 2.75) is 13.5 Å². The van der Waals surface area contributed by atoms with Crippen LogP contribution >= 0.6 is 0 Å². The van der Waals surface area contributed by atoms with Crippen LogP contribution in [0.2, 0.25) is 0 Å². The predicted molar refractivity (Wildman–Crippen MR) is 74.7 cm³/mol. The van der Waals surface area contributed by atoms with E-state index in [2.05, 4.69) is 10.3 Å². The molecule has 100 valence electrons. The molecule has 1 N–H and O–H groups in total. The molecule has 0 atom stereocenters. The molecule has 0 fully saturated rings. The average molecular weight is 258 g/mol. The molecular weight excluding hydrogens is 240 g/mol. The zero-order valence-corrected chi connectivity index (χ0v) is 11.2. The Morgan fingerprint density at radius 2 is 1.89 bits per heavy atom. The van der Waals surface area contributed by atoms with Crippen LogP contribution < -0.4 is 14.8 Å². The molecule has 19 heavy (non-hydrogen) atoms. The van der Waals surface area contributed by atoms with E-state index in [1.54, 1.807) is 12.4 Å². The lowest BCUT2D eigenvalue weighted by molar-refractivity contribution is 0.320. The molecule has 2 rings (SSSR count). The number of para-hydroxylation sites is 2. The molecule has 4 nitrogen and oxygen atoms in total. The van der Waals surface area contributed by atoms with Gasteiger partial charge in [0.05, 0.1) is 12.8 Å². The lowest BCUT2D eigenvalue weighted by Gasteiger charge is -2.13. The maximum atomic E-state index is 5.92. The Bertz CT molecular complexity index is 482. The molecule has 0 saturated carbocycles. The van der Waals surface area contributed by atoms with E-state index in [9.17, 15) is 0 Å². The van der Waals surface area contributed by atoms with E-state index < -0.39 is 0 Å². The summed E-state index contributed by atoms with van der Waals surface area (Å²) < 4.78 is 11.5. The topological polar surface area (TPSA) is 43.4 Å². The lowest BCUT2D eigenvalue weighted by Crippen LogP contribution is -2.06. The standard InChI is InChI=1S/C15H18N2O2/c1-3-18-13-6-4-5-7-14(13)19-15-11-17-9-8-12(15)10-16-2/h4-9,11,16H,3,10H2,1-2H3. The second-order valence-electron chi connectivity index (χ2n) is 4.00. The largest absolute Gasteiger partial charge is 0.490 e. The molecule has 0 bridgehead atoms. The number of nitrogens with zero attached hydrogens (tertiary/aromatic N) is 1. The molecule has 0 aliphatic carbocycles. The van der Waals surface area contributed by atoms with Gasteiger partial charge < -0.3 is 14.8 Å². The Kier molecular flexibility index (Phi) is 4.75. The van der Waals surface area contributed by atoms with Gasteiger partial charge in [0.1, 0.15) is 5.75 Å². The number of ether oxygens (including phenoxy) is 2. The van der Waals surface area contributed by atoms with Crippen LogP contribution in [0, 0.1) is 0 Å². The number of aromatic nitrogens is 1. The summed E-state index contributed by atoms with van der Waals surface area (Å²) in [5, 5.41) is 3.11. The van der Waals surface area contributed by atoms with E-state index in [1.807, 2.05) is 44.3 Å². The van der Waals surface area contributed by atoms with Crippen LogP contribution in [-0.2, 0) is 6.54 Å². The number of nitrogens with one attached hydrogen (secondary N) is 1. The molecule has 0 radical (unpaired) electrons. The lowest BCUT2D eigenvalue weighted by atomic mass is 10.2. The maximum Gasteiger partial charge on any atom is 0.169 e. The Balaban J connectivity index is 2.25. The van der Waals surface area contributed by atoms with Crippen LogP contribution in [-0.4, -0.2) is 18.6 Å². The molecular formula is C15H18N2O2. The number of pyridine rings is 1. The van der Waals surface area contributed by atoms with Crippen LogP contribution in [0.4, 0.5) is 0 Å². The molecule has 0 saturated heterocycles. The van der Waals surface area contributed by atoms with Crippen molar-refractivity contribution >= 4 is 0 Å². The van der Waals surface area contributed by atoms with Crippen molar-refractivity contribution in [2.75, 3.05) is 13.7 Å². The van der Waals surface area contributed by atoms with E-state index in [4.69, 9.17) is 9.47 Å². The summed E-state index contributed by atoms with van der Waals surface area (Å²) in [6, 6.07) is 9.57. The molecule has 4 heteroatoms. The second-order valence-corrected chi connectivity index (χ2v) is 4.00. The third-order valence-corrected chi connectivity index (χ3v) is 2.61. The summed E-state index contributed by atoms with van der Waals surface area (Å²) in [7, 11) is 1.90. The Labute approximate surface area is 113 Å². The highest BCUT2D eigenvalue weighted by molar-refractivity contribution is 5.44. The van der Waals surface area contributed by atoms with Crippen molar-refractivity contribution < 1.29 is 9.47 Å². The first kappa shape index (κ1) is 13.4. The van der Waals surface area contributed by atoms with Gasteiger partial charge in [-0.05, 0) is 32.2 Å². The number of benzene rings is 1. The third-order valence-electron chi connectivity index (χ3n) is 2.61. The average Bonchev–Trinajstić information content (AvgIpc) is 2.44. The van der Waals surface area contributed by atoms with Crippen molar-refractivity contribution in [3.63, 3.8) is 0 Å². The molecule has 1 heterocycles. The first-order valence-electron chi connectivity index (χ1n) is 6.32. The minimum absolute atomic E-state index is 0.608. The van der Waals surface area contributed by atoms with Crippen molar-refractivity contribution in [3.05, 3.63) is 48.3 Å². The van der Waals surface area contributed by atoms with Gasteiger partial charge in [0.15, 0.2) is 11.5 Å². The third kappa shape index (κ3) is 3.45. The van der Waals surface area contributed by atoms with Crippen LogP contribution in [0.5, 0.6) is 17.2 Å². The number of rotatable bonds is 6. The zero-order chi connectivity index (χ0) is 13.5. The molecule has 1 aromatic carbocycles. The van der Waals surface area contributed by atoms with Crippen molar-refractivity contribution in [2.24, 2.45) is 0 Å². The zero-order valence-electron chi connectivity index (χ0n) is 11.2.